The second-order valence-electron chi connectivity index (χ2n) is 5.40. The number of carbonyl (C=O) groups is 2. The molecule has 0 saturated heterocycles. The Morgan fingerprint density at radius 1 is 1.00 bits per heavy atom. The van der Waals surface area contributed by atoms with Crippen LogP contribution in [0.2, 0.25) is 5.02 Å². The molecule has 4 rings (SSSR count). The van der Waals surface area contributed by atoms with Gasteiger partial charge in [-0.05, 0) is 24.3 Å². The van der Waals surface area contributed by atoms with Gasteiger partial charge in [-0.2, -0.15) is 0 Å². The number of thiazole rings is 1. The van der Waals surface area contributed by atoms with Gasteiger partial charge in [-0.25, -0.2) is 4.98 Å². The van der Waals surface area contributed by atoms with E-state index >= 15 is 0 Å². The summed E-state index contributed by atoms with van der Waals surface area (Å²) in [6.45, 7) is 0.170. The Labute approximate surface area is 147 Å². The molecule has 0 N–H and O–H groups in total. The summed E-state index contributed by atoms with van der Waals surface area (Å²) in [7, 11) is 0. The van der Waals surface area contributed by atoms with E-state index in [-0.39, 0.29) is 18.4 Å². The van der Waals surface area contributed by atoms with E-state index < -0.39 is 0 Å². The van der Waals surface area contributed by atoms with Crippen LogP contribution >= 0.6 is 22.9 Å². The van der Waals surface area contributed by atoms with Crippen LogP contribution in [-0.4, -0.2) is 21.7 Å². The van der Waals surface area contributed by atoms with Crippen LogP contribution in [0, 0.1) is 0 Å². The van der Waals surface area contributed by atoms with Crippen LogP contribution in [-0.2, 0) is 6.54 Å². The fourth-order valence-corrected chi connectivity index (χ4v) is 3.68. The van der Waals surface area contributed by atoms with Gasteiger partial charge in [-0.3, -0.25) is 14.5 Å². The van der Waals surface area contributed by atoms with Crippen LogP contribution in [0.3, 0.4) is 0 Å². The monoisotopic (exact) mass is 354 g/mol. The van der Waals surface area contributed by atoms with E-state index in [4.69, 9.17) is 11.6 Å². The lowest BCUT2D eigenvalue weighted by molar-refractivity contribution is 0.0640. The number of carbonyl (C=O) groups excluding carboxylic acids is 2. The fraction of sp³-hybridized carbons (Fsp3) is 0.0556. The molecule has 0 unspecified atom stereocenters. The van der Waals surface area contributed by atoms with Gasteiger partial charge in [0.1, 0.15) is 5.01 Å². The Bertz CT molecular complexity index is 932. The first kappa shape index (κ1) is 15.1. The highest BCUT2D eigenvalue weighted by molar-refractivity contribution is 7.13. The third-order valence-corrected chi connectivity index (χ3v) is 5.00. The molecule has 0 radical (unpaired) electrons. The molecule has 4 nitrogen and oxygen atoms in total. The lowest BCUT2D eigenvalue weighted by atomic mass is 10.1. The van der Waals surface area contributed by atoms with Crippen molar-refractivity contribution in [2.75, 3.05) is 0 Å². The topological polar surface area (TPSA) is 50.3 Å². The third kappa shape index (κ3) is 2.52. The van der Waals surface area contributed by atoms with Gasteiger partial charge >= 0.3 is 0 Å². The number of halogens is 1. The molecule has 1 aliphatic heterocycles. The first-order valence-electron chi connectivity index (χ1n) is 7.29. The number of hydrogen-bond acceptors (Lipinski definition) is 4. The maximum Gasteiger partial charge on any atom is 0.261 e. The zero-order valence-electron chi connectivity index (χ0n) is 12.4. The highest BCUT2D eigenvalue weighted by atomic mass is 35.5. The van der Waals surface area contributed by atoms with E-state index in [9.17, 15) is 9.59 Å². The molecular weight excluding hydrogens is 344 g/mol. The molecule has 0 fully saturated rings. The number of fused-ring (bicyclic) bond motifs is 1. The van der Waals surface area contributed by atoms with Gasteiger partial charge in [0, 0.05) is 16.0 Å². The van der Waals surface area contributed by atoms with Crippen LogP contribution in [0.15, 0.2) is 53.9 Å². The number of rotatable bonds is 3. The molecule has 2 heterocycles. The quantitative estimate of drug-likeness (QED) is 0.660. The summed E-state index contributed by atoms with van der Waals surface area (Å²) >= 11 is 7.47. The van der Waals surface area contributed by atoms with Crippen molar-refractivity contribution < 1.29 is 9.59 Å². The maximum atomic E-state index is 12.4. The van der Waals surface area contributed by atoms with Gasteiger partial charge in [-0.1, -0.05) is 35.9 Å². The smallest absolute Gasteiger partial charge is 0.261 e. The minimum atomic E-state index is -0.270. The molecule has 3 aromatic rings. The van der Waals surface area contributed by atoms with Crippen LogP contribution < -0.4 is 0 Å². The molecule has 118 valence electrons. The Morgan fingerprint density at radius 3 is 2.38 bits per heavy atom. The fourth-order valence-electron chi connectivity index (χ4n) is 2.68. The van der Waals surface area contributed by atoms with Crippen LogP contribution in [0.5, 0.6) is 0 Å². The minimum absolute atomic E-state index is 0.170. The van der Waals surface area contributed by atoms with E-state index in [2.05, 4.69) is 4.98 Å². The van der Waals surface area contributed by atoms with Gasteiger partial charge in [0.25, 0.3) is 11.8 Å². The molecule has 2 amide bonds. The van der Waals surface area contributed by atoms with Crippen LogP contribution in [0.4, 0.5) is 0 Å². The summed E-state index contributed by atoms with van der Waals surface area (Å²) in [6, 6.07) is 14.3. The minimum Gasteiger partial charge on any atom is -0.269 e. The molecule has 0 aliphatic carbocycles. The molecule has 6 heteroatoms. The highest BCUT2D eigenvalue weighted by Gasteiger charge is 2.35. The Hall–Kier alpha value is -2.50. The molecule has 0 saturated carbocycles. The van der Waals surface area contributed by atoms with Crippen molar-refractivity contribution in [3.8, 4) is 10.6 Å². The lowest BCUT2D eigenvalue weighted by Crippen LogP contribution is -2.29. The standard InChI is InChI=1S/C18H11ClN2O2S/c19-12-5-3-4-11(8-12)16-20-13(10-24-16)9-21-17(22)14-6-1-2-7-15(14)18(21)23/h1-8,10H,9H2. The summed E-state index contributed by atoms with van der Waals surface area (Å²) in [6.07, 6.45) is 0. The predicted molar refractivity (Wildman–Crippen MR) is 93.2 cm³/mol. The molecular formula is C18H11ClN2O2S. The van der Waals surface area contributed by atoms with Crippen molar-refractivity contribution in [3.05, 3.63) is 75.8 Å². The number of hydrogen-bond donors (Lipinski definition) is 0. The van der Waals surface area contributed by atoms with Gasteiger partial charge in [0.2, 0.25) is 0 Å². The van der Waals surface area contributed by atoms with E-state index in [1.807, 2.05) is 23.6 Å². The van der Waals surface area contributed by atoms with Crippen LogP contribution in [0.1, 0.15) is 26.4 Å². The first-order chi connectivity index (χ1) is 11.6. The summed E-state index contributed by atoms with van der Waals surface area (Å²) in [5, 5.41) is 3.31. The van der Waals surface area contributed by atoms with Crippen molar-refractivity contribution in [1.82, 2.24) is 9.88 Å². The summed E-state index contributed by atoms with van der Waals surface area (Å²) < 4.78 is 0. The van der Waals surface area contributed by atoms with Crippen molar-refractivity contribution in [1.29, 1.82) is 0 Å². The summed E-state index contributed by atoms with van der Waals surface area (Å²) in [5.41, 5.74) is 2.51. The second kappa shape index (κ2) is 5.85. The Balaban J connectivity index is 1.59. The van der Waals surface area contributed by atoms with Gasteiger partial charge in [-0.15, -0.1) is 11.3 Å². The maximum absolute atomic E-state index is 12.4. The average molecular weight is 355 g/mol. The lowest BCUT2D eigenvalue weighted by Gasteiger charge is -2.11. The molecule has 1 aliphatic rings. The van der Waals surface area contributed by atoms with E-state index in [1.54, 1.807) is 30.3 Å². The number of imide groups is 1. The molecule has 1 aromatic heterocycles. The predicted octanol–water partition coefficient (Wildman–Crippen LogP) is 4.26. The van der Waals surface area contributed by atoms with E-state index in [1.165, 1.54) is 16.2 Å². The van der Waals surface area contributed by atoms with Gasteiger partial charge in [0.15, 0.2) is 0 Å². The zero-order chi connectivity index (χ0) is 16.7. The SMILES string of the molecule is O=C1c2ccccc2C(=O)N1Cc1csc(-c2cccc(Cl)c2)n1. The third-order valence-electron chi connectivity index (χ3n) is 3.82. The van der Waals surface area contributed by atoms with Gasteiger partial charge in [0.05, 0.1) is 23.4 Å². The van der Waals surface area contributed by atoms with Crippen molar-refractivity contribution in [3.63, 3.8) is 0 Å². The Kier molecular flexibility index (Phi) is 3.67. The van der Waals surface area contributed by atoms with Crippen molar-refractivity contribution in [2.24, 2.45) is 0 Å². The van der Waals surface area contributed by atoms with Crippen molar-refractivity contribution in [2.45, 2.75) is 6.54 Å². The molecule has 0 spiro atoms. The Morgan fingerprint density at radius 2 is 1.71 bits per heavy atom. The largest absolute Gasteiger partial charge is 0.269 e. The molecule has 24 heavy (non-hydrogen) atoms. The summed E-state index contributed by atoms with van der Waals surface area (Å²) in [4.78, 5) is 30.6. The number of amides is 2. The van der Waals surface area contributed by atoms with E-state index in [0.717, 1.165) is 10.6 Å². The van der Waals surface area contributed by atoms with E-state index in [0.29, 0.717) is 21.8 Å². The molecule has 2 aromatic carbocycles. The number of nitrogens with zero attached hydrogens (tertiary/aromatic N) is 2. The molecule has 0 atom stereocenters. The number of benzene rings is 2. The first-order valence-corrected chi connectivity index (χ1v) is 8.55. The summed E-state index contributed by atoms with van der Waals surface area (Å²) in [5.74, 6) is -0.541. The highest BCUT2D eigenvalue weighted by Crippen LogP contribution is 2.28. The zero-order valence-corrected chi connectivity index (χ0v) is 14.0. The van der Waals surface area contributed by atoms with Crippen LogP contribution in [0.25, 0.3) is 10.6 Å². The van der Waals surface area contributed by atoms with Gasteiger partial charge < -0.3 is 0 Å². The molecule has 0 bridgehead atoms. The second-order valence-corrected chi connectivity index (χ2v) is 6.69. The normalized spacial score (nSPS) is 13.5. The number of aromatic nitrogens is 1. The average Bonchev–Trinajstić information content (AvgIpc) is 3.15. The van der Waals surface area contributed by atoms with Crippen molar-refractivity contribution >= 4 is 34.8 Å².